The van der Waals surface area contributed by atoms with Crippen molar-refractivity contribution in [3.8, 4) is 0 Å². The number of hydrogen-bond donors (Lipinski definition) is 0. The summed E-state index contributed by atoms with van der Waals surface area (Å²) in [4.78, 5) is 9.13. The van der Waals surface area contributed by atoms with E-state index in [1.54, 1.807) is 0 Å². The minimum Gasteiger partial charge on any atom is -0.375 e. The Kier molecular flexibility index (Phi) is 17.0. The molecule has 0 bridgehead atoms. The first kappa shape index (κ1) is 39.2. The predicted molar refractivity (Wildman–Crippen MR) is 222 cm³/mol. The van der Waals surface area contributed by atoms with Crippen LogP contribution in [0.15, 0.2) is 97.6 Å². The van der Waals surface area contributed by atoms with Gasteiger partial charge in [0.15, 0.2) is 37.9 Å². The Morgan fingerprint density at radius 2 is 0.760 bits per heavy atom. The maximum absolute atomic E-state index is 2.33. The highest BCUT2D eigenvalue weighted by molar-refractivity contribution is 8.76. The van der Waals surface area contributed by atoms with Gasteiger partial charge in [-0.3, -0.25) is 0 Å². The van der Waals surface area contributed by atoms with Crippen LogP contribution >= 0.6 is 21.6 Å². The van der Waals surface area contributed by atoms with Crippen molar-refractivity contribution >= 4 is 57.3 Å². The second-order valence-corrected chi connectivity index (χ2v) is 16.1. The molecule has 0 aliphatic rings. The van der Waals surface area contributed by atoms with Crippen molar-refractivity contribution in [1.29, 1.82) is 0 Å². The Hall–Kier alpha value is -3.56. The van der Waals surface area contributed by atoms with E-state index in [0.717, 1.165) is 63.6 Å². The van der Waals surface area contributed by atoms with E-state index in [9.17, 15) is 0 Å². The lowest BCUT2D eigenvalue weighted by molar-refractivity contribution is -0.692. The van der Waals surface area contributed by atoms with E-state index in [2.05, 4.69) is 193 Å². The van der Waals surface area contributed by atoms with Crippen LogP contribution in [-0.2, 0) is 13.1 Å². The van der Waals surface area contributed by atoms with Crippen LogP contribution in [0.1, 0.15) is 35.1 Å². The molecule has 50 heavy (non-hydrogen) atoms. The van der Waals surface area contributed by atoms with E-state index in [1.165, 1.54) is 33.6 Å². The van der Waals surface area contributed by atoms with Gasteiger partial charge in [0.1, 0.15) is 0 Å². The summed E-state index contributed by atoms with van der Waals surface area (Å²) >= 11 is 0. The average molecular weight is 711 g/mol. The van der Waals surface area contributed by atoms with Crippen LogP contribution in [0.4, 0.5) is 11.4 Å². The summed E-state index contributed by atoms with van der Waals surface area (Å²) in [5.74, 6) is 2.17. The minimum atomic E-state index is 1.01. The number of hydrogen-bond acceptors (Lipinski definition) is 6. The van der Waals surface area contributed by atoms with E-state index in [-0.39, 0.29) is 0 Å². The molecule has 2 aromatic heterocycles. The quantitative estimate of drug-likeness (QED) is 0.0505. The maximum Gasteiger partial charge on any atom is 0.169 e. The van der Waals surface area contributed by atoms with Gasteiger partial charge in [0, 0.05) is 62.8 Å². The maximum atomic E-state index is 2.33. The zero-order chi connectivity index (χ0) is 35.6. The number of aromatic nitrogens is 2. The third kappa shape index (κ3) is 14.7. The first-order chi connectivity index (χ1) is 24.2. The third-order valence-corrected chi connectivity index (χ3v) is 10.9. The van der Waals surface area contributed by atoms with Gasteiger partial charge in [0.05, 0.1) is 11.5 Å². The van der Waals surface area contributed by atoms with Gasteiger partial charge in [0.2, 0.25) is 0 Å². The zero-order valence-electron chi connectivity index (χ0n) is 31.1. The highest BCUT2D eigenvalue weighted by Gasteiger charge is 2.05. The van der Waals surface area contributed by atoms with Crippen LogP contribution in [-0.4, -0.2) is 89.8 Å². The minimum absolute atomic E-state index is 1.01. The molecule has 0 atom stereocenters. The van der Waals surface area contributed by atoms with Gasteiger partial charge in [-0.05, 0) is 101 Å². The Morgan fingerprint density at radius 1 is 0.440 bits per heavy atom. The van der Waals surface area contributed by atoms with Crippen LogP contribution in [0, 0.1) is 0 Å². The van der Waals surface area contributed by atoms with Gasteiger partial charge < -0.3 is 19.6 Å². The predicted octanol–water partition coefficient (Wildman–Crippen LogP) is 7.46. The smallest absolute Gasteiger partial charge is 0.169 e. The molecule has 6 nitrogen and oxygen atoms in total. The second-order valence-electron chi connectivity index (χ2n) is 13.4. The van der Waals surface area contributed by atoms with Crippen LogP contribution in [0.5, 0.6) is 0 Å². The van der Waals surface area contributed by atoms with Crippen molar-refractivity contribution in [1.82, 2.24) is 9.80 Å². The Labute approximate surface area is 310 Å². The van der Waals surface area contributed by atoms with Gasteiger partial charge >= 0.3 is 0 Å². The number of rotatable bonds is 21. The van der Waals surface area contributed by atoms with Gasteiger partial charge in [-0.1, -0.05) is 70.2 Å². The summed E-state index contributed by atoms with van der Waals surface area (Å²) in [6.07, 6.45) is 19.8. The molecule has 0 amide bonds. The molecule has 0 unspecified atom stereocenters. The lowest BCUT2D eigenvalue weighted by Gasteiger charge is -2.20. The van der Waals surface area contributed by atoms with E-state index in [0.29, 0.717) is 0 Å². The molecule has 4 rings (SSSR count). The molecule has 4 aromatic rings. The Morgan fingerprint density at radius 3 is 1.08 bits per heavy atom. The third-order valence-electron chi connectivity index (χ3n) is 8.58. The highest BCUT2D eigenvalue weighted by atomic mass is 33.1. The van der Waals surface area contributed by atoms with Gasteiger partial charge in [-0.15, -0.1) is 0 Å². The van der Waals surface area contributed by atoms with Crippen molar-refractivity contribution in [3.05, 3.63) is 120 Å². The summed E-state index contributed by atoms with van der Waals surface area (Å²) in [5, 5.41) is 0. The fourth-order valence-electron chi connectivity index (χ4n) is 5.43. The topological polar surface area (TPSA) is 20.7 Å². The lowest BCUT2D eigenvalue weighted by atomic mass is 10.1. The van der Waals surface area contributed by atoms with Crippen molar-refractivity contribution in [2.45, 2.75) is 25.9 Å². The van der Waals surface area contributed by atoms with E-state index >= 15 is 0 Å². The van der Waals surface area contributed by atoms with E-state index < -0.39 is 0 Å². The largest absolute Gasteiger partial charge is 0.375 e. The second kappa shape index (κ2) is 21.6. The van der Waals surface area contributed by atoms with Crippen LogP contribution in [0.25, 0.3) is 24.3 Å². The summed E-state index contributed by atoms with van der Waals surface area (Å²) in [6, 6.07) is 26.4. The van der Waals surface area contributed by atoms with Crippen molar-refractivity contribution < 1.29 is 9.13 Å². The molecule has 2 heterocycles. The Balaban J connectivity index is 1.09. The van der Waals surface area contributed by atoms with E-state index in [4.69, 9.17) is 0 Å². The number of benzene rings is 2. The monoisotopic (exact) mass is 710 g/mol. The fraction of sp³-hybridized carbons (Fsp3) is 0.381. The molecule has 0 fully saturated rings. The molecule has 266 valence electrons. The van der Waals surface area contributed by atoms with Gasteiger partial charge in [0.25, 0.3) is 0 Å². The summed E-state index contributed by atoms with van der Waals surface area (Å²) in [5.41, 5.74) is 7.41. The average Bonchev–Trinajstić information content (AvgIpc) is 3.12. The van der Waals surface area contributed by atoms with Gasteiger partial charge in [-0.2, -0.15) is 0 Å². The number of aryl methyl sites for hydroxylation is 2. The van der Waals surface area contributed by atoms with Crippen LogP contribution < -0.4 is 18.9 Å². The molecule has 0 saturated heterocycles. The zero-order valence-corrected chi connectivity index (χ0v) is 32.8. The van der Waals surface area contributed by atoms with Gasteiger partial charge in [-0.25, -0.2) is 9.13 Å². The molecular formula is C42H58N6S2+2. The first-order valence-corrected chi connectivity index (χ1v) is 20.2. The summed E-state index contributed by atoms with van der Waals surface area (Å²) in [6.45, 7) is 6.37. The normalized spacial score (nSPS) is 11.8. The standard InChI is InChI=1S/C42H58N6S2/c1-43(2)25-7-27-45(5)41-17-13-37(14-18-41)9-11-39-21-29-47(30-22-39)33-35-49-50-36-34-48-31-23-40(24-32-48)12-10-38-15-19-42(20-16-38)46(6)28-8-26-44(3)4/h9-24,29-32H,7-8,25-28,33-36H2,1-6H3/q+2. The molecule has 0 N–H and O–H groups in total. The molecule has 0 aliphatic heterocycles. The SMILES string of the molecule is CN(C)CCCN(C)c1ccc(/C=C/c2cc[n+](CCSSCC[n+]3ccc(/C=C/c4ccc(N(C)CCCN(C)C)cc4)cc3)cc2)cc1. The lowest BCUT2D eigenvalue weighted by Crippen LogP contribution is -2.34. The molecule has 0 spiro atoms. The highest BCUT2D eigenvalue weighted by Crippen LogP contribution is 2.20. The van der Waals surface area contributed by atoms with Crippen molar-refractivity contribution in [2.75, 3.05) is 89.8 Å². The molecule has 0 radical (unpaired) electrons. The Bertz CT molecular complexity index is 1450. The van der Waals surface area contributed by atoms with Crippen molar-refractivity contribution in [2.24, 2.45) is 0 Å². The molecule has 2 aromatic carbocycles. The first-order valence-electron chi connectivity index (χ1n) is 17.8. The number of nitrogens with zero attached hydrogens (tertiary/aromatic N) is 6. The number of pyridine rings is 2. The molecule has 0 saturated carbocycles. The summed E-state index contributed by atoms with van der Waals surface area (Å²) in [7, 11) is 16.8. The van der Waals surface area contributed by atoms with Crippen LogP contribution in [0.3, 0.4) is 0 Å². The summed E-state index contributed by atoms with van der Waals surface area (Å²) < 4.78 is 4.54. The van der Waals surface area contributed by atoms with Crippen LogP contribution in [0.2, 0.25) is 0 Å². The molecule has 0 aliphatic carbocycles. The van der Waals surface area contributed by atoms with E-state index in [1.807, 2.05) is 21.6 Å². The molecular weight excluding hydrogens is 653 g/mol. The fourth-order valence-corrected chi connectivity index (χ4v) is 7.39. The number of anilines is 2. The molecule has 8 heteroatoms. The van der Waals surface area contributed by atoms with Crippen molar-refractivity contribution in [3.63, 3.8) is 0 Å².